The molecule has 1 saturated carbocycles. The fraction of sp³-hybridized carbons (Fsp3) is 0.722. The quantitative estimate of drug-likeness (QED) is 0.783. The van der Waals surface area contributed by atoms with Crippen LogP contribution in [0.1, 0.15) is 32.6 Å². The number of carbonyl (C=O) groups is 1. The van der Waals surface area contributed by atoms with Crippen molar-refractivity contribution in [3.8, 4) is 0 Å². The van der Waals surface area contributed by atoms with Crippen LogP contribution >= 0.6 is 24.8 Å². The first-order valence-electron chi connectivity index (χ1n) is 9.36. The lowest BCUT2D eigenvalue weighted by Gasteiger charge is -2.39. The summed E-state index contributed by atoms with van der Waals surface area (Å²) in [6, 6.07) is 0.0594. The molecule has 1 amide bonds. The van der Waals surface area contributed by atoms with Gasteiger partial charge in [0.05, 0.1) is 12.3 Å². The Morgan fingerprint density at radius 1 is 1.22 bits per heavy atom. The molecule has 2 fully saturated rings. The van der Waals surface area contributed by atoms with Crippen LogP contribution in [0.15, 0.2) is 18.6 Å². The zero-order valence-corrected chi connectivity index (χ0v) is 17.5. The van der Waals surface area contributed by atoms with Crippen molar-refractivity contribution < 1.29 is 9.53 Å². The number of hydrogen-bond donors (Lipinski definition) is 1. The number of amides is 1. The highest BCUT2D eigenvalue weighted by molar-refractivity contribution is 5.85. The molecule has 2 N–H and O–H groups in total. The minimum Gasteiger partial charge on any atom is -0.377 e. The van der Waals surface area contributed by atoms with Crippen molar-refractivity contribution in [2.24, 2.45) is 11.7 Å². The highest BCUT2D eigenvalue weighted by Crippen LogP contribution is 2.28. The van der Waals surface area contributed by atoms with Gasteiger partial charge in [-0.1, -0.05) is 6.92 Å². The van der Waals surface area contributed by atoms with E-state index in [1.165, 1.54) is 0 Å². The molecule has 1 aliphatic heterocycles. The van der Waals surface area contributed by atoms with Crippen molar-refractivity contribution in [2.45, 2.75) is 44.8 Å². The summed E-state index contributed by atoms with van der Waals surface area (Å²) < 4.78 is 5.87. The predicted molar refractivity (Wildman–Crippen MR) is 111 cm³/mol. The fourth-order valence-electron chi connectivity index (χ4n) is 3.71. The zero-order valence-electron chi connectivity index (χ0n) is 15.8. The first-order valence-corrected chi connectivity index (χ1v) is 9.36. The maximum atomic E-state index is 12.9. The molecule has 2 aliphatic rings. The van der Waals surface area contributed by atoms with E-state index in [2.05, 4.69) is 21.8 Å². The second-order valence-corrected chi connectivity index (χ2v) is 6.96. The van der Waals surface area contributed by atoms with Gasteiger partial charge in [0.1, 0.15) is 5.82 Å². The molecule has 1 aromatic heterocycles. The highest BCUT2D eigenvalue weighted by atomic mass is 35.5. The highest BCUT2D eigenvalue weighted by Gasteiger charge is 2.35. The predicted octanol–water partition coefficient (Wildman–Crippen LogP) is 1.89. The van der Waals surface area contributed by atoms with Gasteiger partial charge in [0.25, 0.3) is 0 Å². The molecule has 0 radical (unpaired) electrons. The Morgan fingerprint density at radius 2 is 1.96 bits per heavy atom. The Labute approximate surface area is 173 Å². The molecule has 0 bridgehead atoms. The van der Waals surface area contributed by atoms with Gasteiger partial charge in [0.15, 0.2) is 0 Å². The second kappa shape index (κ2) is 11.6. The molecule has 0 spiro atoms. The fourth-order valence-corrected chi connectivity index (χ4v) is 3.71. The second-order valence-electron chi connectivity index (χ2n) is 6.96. The largest absolute Gasteiger partial charge is 0.377 e. The average Bonchev–Trinajstić information content (AvgIpc) is 2.67. The number of nitrogens with two attached hydrogens (primary N) is 1. The lowest BCUT2D eigenvalue weighted by Crippen LogP contribution is -2.52. The number of aromatic nitrogens is 2. The van der Waals surface area contributed by atoms with Gasteiger partial charge < -0.3 is 20.3 Å². The number of ether oxygens (including phenoxy) is 1. The third-order valence-electron chi connectivity index (χ3n) is 5.19. The third-order valence-corrected chi connectivity index (χ3v) is 5.19. The van der Waals surface area contributed by atoms with Crippen molar-refractivity contribution in [1.82, 2.24) is 14.9 Å². The van der Waals surface area contributed by atoms with Crippen molar-refractivity contribution >= 4 is 36.5 Å². The Kier molecular flexibility index (Phi) is 10.3. The summed E-state index contributed by atoms with van der Waals surface area (Å²) in [5, 5.41) is 0. The van der Waals surface area contributed by atoms with Crippen LogP contribution in [0.5, 0.6) is 0 Å². The molecule has 1 aromatic rings. The number of halogens is 2. The van der Waals surface area contributed by atoms with E-state index in [1.54, 1.807) is 18.6 Å². The zero-order chi connectivity index (χ0) is 17.6. The van der Waals surface area contributed by atoms with Crippen molar-refractivity contribution in [3.05, 3.63) is 18.6 Å². The van der Waals surface area contributed by atoms with E-state index in [1.807, 2.05) is 4.90 Å². The molecule has 1 saturated heterocycles. The topological polar surface area (TPSA) is 84.6 Å². The Balaban J connectivity index is 0.00000182. The smallest absolute Gasteiger partial charge is 0.225 e. The van der Waals surface area contributed by atoms with Crippen LogP contribution in [-0.2, 0) is 9.53 Å². The molecule has 154 valence electrons. The molecular weight excluding hydrogens is 389 g/mol. The van der Waals surface area contributed by atoms with Gasteiger partial charge in [-0.05, 0) is 25.7 Å². The van der Waals surface area contributed by atoms with Crippen LogP contribution in [0.4, 0.5) is 5.82 Å². The molecule has 7 nitrogen and oxygen atoms in total. The van der Waals surface area contributed by atoms with Gasteiger partial charge in [0.2, 0.25) is 5.91 Å². The maximum Gasteiger partial charge on any atom is 0.225 e. The van der Waals surface area contributed by atoms with Gasteiger partial charge in [-0.3, -0.25) is 9.78 Å². The normalized spacial score (nSPS) is 25.3. The standard InChI is InChI=1S/C18H29N5O2.2ClH/c1-2-11-25-16-12-14(3-4-15(16)19)18(24)23-9-7-22(8-10-23)17-13-20-5-6-21-17;;/h5-6,13-16H,2-4,7-12,19H2,1H3;2*1H/t14-,15-,16-;;/m0../s1. The third kappa shape index (κ3) is 6.17. The number of rotatable bonds is 5. The molecular formula is C18H31Cl2N5O2. The summed E-state index contributed by atoms with van der Waals surface area (Å²) in [5.41, 5.74) is 6.17. The van der Waals surface area contributed by atoms with Crippen molar-refractivity contribution in [2.75, 3.05) is 37.7 Å². The summed E-state index contributed by atoms with van der Waals surface area (Å²) in [7, 11) is 0. The van der Waals surface area contributed by atoms with Crippen LogP contribution in [0.2, 0.25) is 0 Å². The van der Waals surface area contributed by atoms with E-state index in [9.17, 15) is 4.79 Å². The Bertz CT molecular complexity index is 558. The van der Waals surface area contributed by atoms with E-state index < -0.39 is 0 Å². The first-order chi connectivity index (χ1) is 12.2. The van der Waals surface area contributed by atoms with E-state index >= 15 is 0 Å². The molecule has 3 atom stereocenters. The molecule has 3 rings (SSSR count). The van der Waals surface area contributed by atoms with E-state index in [0.29, 0.717) is 0 Å². The van der Waals surface area contributed by atoms with E-state index in [-0.39, 0.29) is 48.8 Å². The van der Waals surface area contributed by atoms with Gasteiger partial charge in [-0.25, -0.2) is 4.98 Å². The molecule has 1 aliphatic carbocycles. The number of nitrogens with zero attached hydrogens (tertiary/aromatic N) is 4. The SMILES string of the molecule is CCCO[C@H]1C[C@@H](C(=O)N2CCN(c3cnccn3)CC2)CC[C@@H]1N.Cl.Cl. The van der Waals surface area contributed by atoms with Gasteiger partial charge in [0, 0.05) is 57.1 Å². The summed E-state index contributed by atoms with van der Waals surface area (Å²) in [4.78, 5) is 25.5. The van der Waals surface area contributed by atoms with Gasteiger partial charge in [-0.2, -0.15) is 0 Å². The minimum absolute atomic E-state index is 0. The van der Waals surface area contributed by atoms with Gasteiger partial charge in [-0.15, -0.1) is 24.8 Å². The van der Waals surface area contributed by atoms with Crippen LogP contribution in [-0.4, -0.2) is 65.7 Å². The van der Waals surface area contributed by atoms with Crippen molar-refractivity contribution in [1.29, 1.82) is 0 Å². The summed E-state index contributed by atoms with van der Waals surface area (Å²) in [5.74, 6) is 1.19. The Morgan fingerprint density at radius 3 is 2.59 bits per heavy atom. The van der Waals surface area contributed by atoms with Crippen LogP contribution in [0, 0.1) is 5.92 Å². The van der Waals surface area contributed by atoms with Crippen LogP contribution in [0.25, 0.3) is 0 Å². The lowest BCUT2D eigenvalue weighted by molar-refractivity contribution is -0.139. The summed E-state index contributed by atoms with van der Waals surface area (Å²) >= 11 is 0. The molecule has 0 unspecified atom stereocenters. The van der Waals surface area contributed by atoms with E-state index in [4.69, 9.17) is 10.5 Å². The average molecular weight is 420 g/mol. The van der Waals surface area contributed by atoms with Crippen LogP contribution in [0.3, 0.4) is 0 Å². The van der Waals surface area contributed by atoms with Gasteiger partial charge >= 0.3 is 0 Å². The summed E-state index contributed by atoms with van der Waals surface area (Å²) in [6.45, 7) is 5.87. The number of hydrogen-bond acceptors (Lipinski definition) is 6. The lowest BCUT2D eigenvalue weighted by atomic mass is 9.83. The maximum absolute atomic E-state index is 12.9. The monoisotopic (exact) mass is 419 g/mol. The molecule has 9 heteroatoms. The minimum atomic E-state index is 0. The number of piperazine rings is 1. The molecule has 2 heterocycles. The summed E-state index contributed by atoms with van der Waals surface area (Å²) in [6.07, 6.45) is 8.64. The van der Waals surface area contributed by atoms with E-state index in [0.717, 1.165) is 64.3 Å². The van der Waals surface area contributed by atoms with Crippen molar-refractivity contribution in [3.63, 3.8) is 0 Å². The number of carbonyl (C=O) groups excluding carboxylic acids is 1. The first kappa shape index (κ1) is 23.9. The Hall–Kier alpha value is -1.15. The number of anilines is 1. The molecule has 27 heavy (non-hydrogen) atoms. The van der Waals surface area contributed by atoms with Crippen LogP contribution < -0.4 is 10.6 Å². The molecule has 0 aromatic carbocycles.